The molecule has 86 valence electrons. The maximum atomic E-state index is 11.4. The Labute approximate surface area is 91.6 Å². The number of nitrogens with zero attached hydrogens (tertiary/aromatic N) is 1. The molecule has 16 heavy (non-hydrogen) atoms. The first-order valence-corrected chi connectivity index (χ1v) is 4.71. The monoisotopic (exact) mass is 225 g/mol. The molecule has 0 aliphatic heterocycles. The van der Waals surface area contributed by atoms with Crippen molar-refractivity contribution in [3.63, 3.8) is 0 Å². The summed E-state index contributed by atoms with van der Waals surface area (Å²) in [5, 5.41) is 20.0. The summed E-state index contributed by atoms with van der Waals surface area (Å²) < 4.78 is 4.77. The first-order chi connectivity index (χ1) is 7.57. The lowest BCUT2D eigenvalue weighted by molar-refractivity contribution is -0.385. The molecule has 0 atom stereocenters. The van der Waals surface area contributed by atoms with Crippen molar-refractivity contribution in [1.82, 2.24) is 0 Å². The van der Waals surface area contributed by atoms with Crippen molar-refractivity contribution < 1.29 is 19.6 Å². The maximum Gasteiger partial charge on any atom is 0.342 e. The van der Waals surface area contributed by atoms with Crippen molar-refractivity contribution in [3.8, 4) is 5.75 Å². The van der Waals surface area contributed by atoms with Crippen LogP contribution >= 0.6 is 0 Å². The molecule has 0 saturated carbocycles. The third-order valence-electron chi connectivity index (χ3n) is 1.87. The van der Waals surface area contributed by atoms with E-state index in [1.54, 1.807) is 0 Å². The van der Waals surface area contributed by atoms with Gasteiger partial charge in [0, 0.05) is 6.07 Å². The van der Waals surface area contributed by atoms with Gasteiger partial charge in [0.15, 0.2) is 0 Å². The van der Waals surface area contributed by atoms with Gasteiger partial charge < -0.3 is 9.84 Å². The molecular formula is C10H11NO5. The molecule has 0 aromatic heterocycles. The zero-order valence-corrected chi connectivity index (χ0v) is 8.67. The van der Waals surface area contributed by atoms with E-state index in [2.05, 4.69) is 0 Å². The molecule has 1 aromatic carbocycles. The highest BCUT2D eigenvalue weighted by atomic mass is 16.6. The van der Waals surface area contributed by atoms with E-state index in [1.807, 2.05) is 6.92 Å². The van der Waals surface area contributed by atoms with Crippen molar-refractivity contribution >= 4 is 11.7 Å². The van der Waals surface area contributed by atoms with E-state index in [0.717, 1.165) is 6.07 Å². The molecule has 1 N–H and O–H groups in total. The zero-order valence-electron chi connectivity index (χ0n) is 8.67. The van der Waals surface area contributed by atoms with Crippen LogP contribution in [0.2, 0.25) is 0 Å². The van der Waals surface area contributed by atoms with Crippen LogP contribution in [0.4, 0.5) is 5.69 Å². The van der Waals surface area contributed by atoms with E-state index < -0.39 is 22.3 Å². The summed E-state index contributed by atoms with van der Waals surface area (Å²) >= 11 is 0. The van der Waals surface area contributed by atoms with Gasteiger partial charge in [0.05, 0.1) is 11.5 Å². The highest BCUT2D eigenvalue weighted by molar-refractivity contribution is 5.93. The molecule has 1 rings (SSSR count). The lowest BCUT2D eigenvalue weighted by Gasteiger charge is -2.04. The zero-order chi connectivity index (χ0) is 12.1. The molecule has 0 bridgehead atoms. The molecular weight excluding hydrogens is 214 g/mol. The van der Waals surface area contributed by atoms with E-state index in [0.29, 0.717) is 6.42 Å². The van der Waals surface area contributed by atoms with Gasteiger partial charge in [0.25, 0.3) is 0 Å². The molecule has 0 aliphatic rings. The first-order valence-electron chi connectivity index (χ1n) is 4.71. The maximum absolute atomic E-state index is 11.4. The summed E-state index contributed by atoms with van der Waals surface area (Å²) in [6.07, 6.45) is 0.640. The normalized spacial score (nSPS) is 9.81. The fourth-order valence-corrected chi connectivity index (χ4v) is 1.12. The number of para-hydroxylation sites is 1. The van der Waals surface area contributed by atoms with Crippen LogP contribution in [0, 0.1) is 10.1 Å². The van der Waals surface area contributed by atoms with Gasteiger partial charge in [-0.3, -0.25) is 10.1 Å². The summed E-state index contributed by atoms with van der Waals surface area (Å²) in [5.41, 5.74) is -0.700. The lowest BCUT2D eigenvalue weighted by atomic mass is 10.2. The summed E-state index contributed by atoms with van der Waals surface area (Å²) in [5.74, 6) is -1.42. The summed E-state index contributed by atoms with van der Waals surface area (Å²) in [4.78, 5) is 21.1. The number of hydrogen-bond acceptors (Lipinski definition) is 5. The minimum atomic E-state index is -0.761. The van der Waals surface area contributed by atoms with Gasteiger partial charge in [-0.15, -0.1) is 0 Å². The molecule has 0 radical (unpaired) electrons. The number of esters is 1. The van der Waals surface area contributed by atoms with Crippen LogP contribution in [0.15, 0.2) is 18.2 Å². The van der Waals surface area contributed by atoms with Crippen molar-refractivity contribution in [2.24, 2.45) is 0 Å². The molecule has 0 aliphatic carbocycles. The number of carbonyl (C=O) groups is 1. The molecule has 6 nitrogen and oxygen atoms in total. The van der Waals surface area contributed by atoms with Crippen LogP contribution in [0.25, 0.3) is 0 Å². The molecule has 6 heteroatoms. The topological polar surface area (TPSA) is 89.7 Å². The number of hydrogen-bond donors (Lipinski definition) is 1. The average Bonchev–Trinajstić information content (AvgIpc) is 2.25. The van der Waals surface area contributed by atoms with E-state index in [4.69, 9.17) is 4.74 Å². The number of carbonyl (C=O) groups excluding carboxylic acids is 1. The Morgan fingerprint density at radius 1 is 1.56 bits per heavy atom. The number of nitro groups is 1. The van der Waals surface area contributed by atoms with Crippen LogP contribution in [-0.2, 0) is 4.74 Å². The van der Waals surface area contributed by atoms with Crippen LogP contribution in [0.5, 0.6) is 5.75 Å². The lowest BCUT2D eigenvalue weighted by Crippen LogP contribution is -2.06. The Hall–Kier alpha value is -2.11. The summed E-state index contributed by atoms with van der Waals surface area (Å²) in [7, 11) is 0. The van der Waals surface area contributed by atoms with E-state index in [9.17, 15) is 20.0 Å². The second kappa shape index (κ2) is 5.11. The molecule has 0 saturated heterocycles. The standard InChI is InChI=1S/C10H11NO5/c1-2-6-16-10(13)7-4-3-5-8(9(7)12)11(14)15/h3-5,12H,2,6H2,1H3. The Balaban J connectivity index is 3.01. The minimum Gasteiger partial charge on any atom is -0.501 e. The minimum absolute atomic E-state index is 0.192. The van der Waals surface area contributed by atoms with Crippen molar-refractivity contribution in [2.75, 3.05) is 6.61 Å². The Morgan fingerprint density at radius 2 is 2.25 bits per heavy atom. The van der Waals surface area contributed by atoms with Crippen LogP contribution in [0.1, 0.15) is 23.7 Å². The predicted octanol–water partition coefficient (Wildman–Crippen LogP) is 1.87. The van der Waals surface area contributed by atoms with Gasteiger partial charge in [0.2, 0.25) is 5.75 Å². The fraction of sp³-hybridized carbons (Fsp3) is 0.300. The van der Waals surface area contributed by atoms with Crippen molar-refractivity contribution in [2.45, 2.75) is 13.3 Å². The third-order valence-corrected chi connectivity index (χ3v) is 1.87. The molecule has 1 aromatic rings. The second-order valence-corrected chi connectivity index (χ2v) is 3.07. The number of benzene rings is 1. The smallest absolute Gasteiger partial charge is 0.342 e. The average molecular weight is 225 g/mol. The predicted molar refractivity (Wildman–Crippen MR) is 55.3 cm³/mol. The van der Waals surface area contributed by atoms with Crippen molar-refractivity contribution in [1.29, 1.82) is 0 Å². The van der Waals surface area contributed by atoms with Crippen LogP contribution in [-0.4, -0.2) is 22.6 Å². The Morgan fingerprint density at radius 3 is 2.81 bits per heavy atom. The summed E-state index contributed by atoms with van der Waals surface area (Å²) in [6.45, 7) is 2.03. The number of phenolic OH excluding ortho intramolecular Hbond substituents is 1. The van der Waals surface area contributed by atoms with Crippen molar-refractivity contribution in [3.05, 3.63) is 33.9 Å². The van der Waals surface area contributed by atoms with Gasteiger partial charge in [-0.1, -0.05) is 13.0 Å². The van der Waals surface area contributed by atoms with E-state index in [-0.39, 0.29) is 12.2 Å². The highest BCUT2D eigenvalue weighted by Crippen LogP contribution is 2.29. The van der Waals surface area contributed by atoms with E-state index in [1.165, 1.54) is 12.1 Å². The van der Waals surface area contributed by atoms with Crippen LogP contribution < -0.4 is 0 Å². The first kappa shape index (κ1) is 12.0. The number of rotatable bonds is 4. The molecule has 0 spiro atoms. The van der Waals surface area contributed by atoms with Gasteiger partial charge in [-0.2, -0.15) is 0 Å². The molecule has 0 fully saturated rings. The van der Waals surface area contributed by atoms with Gasteiger partial charge in [-0.25, -0.2) is 4.79 Å². The molecule has 0 heterocycles. The van der Waals surface area contributed by atoms with Gasteiger partial charge in [-0.05, 0) is 12.5 Å². The Kier molecular flexibility index (Phi) is 3.82. The van der Waals surface area contributed by atoms with E-state index >= 15 is 0 Å². The van der Waals surface area contributed by atoms with Gasteiger partial charge in [0.1, 0.15) is 5.56 Å². The number of aromatic hydroxyl groups is 1. The quantitative estimate of drug-likeness (QED) is 0.480. The SMILES string of the molecule is CCCOC(=O)c1cccc([N+](=O)[O-])c1O. The molecule has 0 unspecified atom stereocenters. The molecule has 0 amide bonds. The number of ether oxygens (including phenoxy) is 1. The Bertz CT molecular complexity index is 416. The fourth-order valence-electron chi connectivity index (χ4n) is 1.12. The number of phenols is 1. The highest BCUT2D eigenvalue weighted by Gasteiger charge is 2.21. The van der Waals surface area contributed by atoms with Gasteiger partial charge >= 0.3 is 11.7 Å². The van der Waals surface area contributed by atoms with Crippen LogP contribution in [0.3, 0.4) is 0 Å². The second-order valence-electron chi connectivity index (χ2n) is 3.07. The summed E-state index contributed by atoms with van der Waals surface area (Å²) in [6, 6.07) is 3.71. The largest absolute Gasteiger partial charge is 0.501 e. The number of nitro benzene ring substituents is 1. The third kappa shape index (κ3) is 2.47.